The van der Waals surface area contributed by atoms with E-state index in [0.717, 1.165) is 47.0 Å². The van der Waals surface area contributed by atoms with Crippen LogP contribution in [0.4, 0.5) is 4.39 Å². The van der Waals surface area contributed by atoms with Crippen LogP contribution in [0.5, 0.6) is 5.75 Å². The molecule has 2 N–H and O–H groups in total. The molecule has 0 saturated heterocycles. The van der Waals surface area contributed by atoms with Gasteiger partial charge in [0.15, 0.2) is 0 Å². The molecule has 0 spiro atoms. The Balaban J connectivity index is 3.00. The minimum Gasteiger partial charge on any atom is -0.507 e. The maximum atomic E-state index is 13.6. The summed E-state index contributed by atoms with van der Waals surface area (Å²) in [5.74, 6) is -0.267. The lowest BCUT2D eigenvalue weighted by Crippen LogP contribution is -2.14. The quantitative estimate of drug-likeness (QED) is 0.680. The highest BCUT2D eigenvalue weighted by atomic mass is 19.1. The summed E-state index contributed by atoms with van der Waals surface area (Å²) in [4.78, 5) is 4.93. The molecule has 1 aromatic carbocycles. The van der Waals surface area contributed by atoms with Crippen LogP contribution in [0.15, 0.2) is 18.2 Å². The normalized spacial score (nSPS) is 12.8. The van der Waals surface area contributed by atoms with E-state index in [1.54, 1.807) is 13.0 Å². The summed E-state index contributed by atoms with van der Waals surface area (Å²) in [5, 5.41) is 21.0. The highest BCUT2D eigenvalue weighted by Gasteiger charge is 2.26. The Morgan fingerprint density at radius 3 is 2.12 bits per heavy atom. The Morgan fingerprint density at radius 2 is 1.65 bits per heavy atom. The summed E-state index contributed by atoms with van der Waals surface area (Å²) in [6.07, 6.45) is 0.956. The number of hydrogen-bond acceptors (Lipinski definition) is 3. The van der Waals surface area contributed by atoms with Gasteiger partial charge in [0.1, 0.15) is 11.6 Å². The molecule has 2 rings (SSSR count). The molecule has 1 atom stereocenters. The van der Waals surface area contributed by atoms with E-state index < -0.39 is 11.9 Å². The van der Waals surface area contributed by atoms with Gasteiger partial charge in [0.05, 0.1) is 6.10 Å². The van der Waals surface area contributed by atoms with Crippen LogP contribution in [-0.2, 0) is 6.42 Å². The third-order valence-corrected chi connectivity index (χ3v) is 4.64. The standard InChI is InChI=1S/C22H30FNO2/c1-7-8-17-20(16-10-9-15(23)11-18(16)26)19(14(6)25)22(13(4)5)24-21(17)12(2)3/h9-14,25-26H,7-8H2,1-6H3. The van der Waals surface area contributed by atoms with Gasteiger partial charge in [-0.1, -0.05) is 41.0 Å². The van der Waals surface area contributed by atoms with Crippen molar-refractivity contribution in [2.75, 3.05) is 0 Å². The zero-order chi connectivity index (χ0) is 19.6. The predicted molar refractivity (Wildman–Crippen MR) is 104 cm³/mol. The Labute approximate surface area is 155 Å². The molecule has 3 nitrogen and oxygen atoms in total. The summed E-state index contributed by atoms with van der Waals surface area (Å²) in [6, 6.07) is 4.07. The van der Waals surface area contributed by atoms with Crippen molar-refractivity contribution < 1.29 is 14.6 Å². The third-order valence-electron chi connectivity index (χ3n) is 4.64. The van der Waals surface area contributed by atoms with Crippen molar-refractivity contribution in [2.45, 2.75) is 72.3 Å². The Morgan fingerprint density at radius 1 is 1.04 bits per heavy atom. The number of pyridine rings is 1. The fraction of sp³-hybridized carbons (Fsp3) is 0.500. The van der Waals surface area contributed by atoms with E-state index in [4.69, 9.17) is 4.98 Å². The fourth-order valence-corrected chi connectivity index (χ4v) is 3.54. The molecular weight excluding hydrogens is 329 g/mol. The molecule has 0 aliphatic rings. The predicted octanol–water partition coefficient (Wildman–Crippen LogP) is 5.85. The van der Waals surface area contributed by atoms with E-state index in [0.29, 0.717) is 5.56 Å². The number of phenolic OH excluding ortho intramolecular Hbond substituents is 1. The molecule has 1 aromatic heterocycles. The molecule has 26 heavy (non-hydrogen) atoms. The first-order chi connectivity index (χ1) is 12.2. The molecule has 4 heteroatoms. The Kier molecular flexibility index (Phi) is 6.40. The number of benzene rings is 1. The van der Waals surface area contributed by atoms with Crippen molar-refractivity contribution in [1.82, 2.24) is 4.98 Å². The van der Waals surface area contributed by atoms with E-state index in [2.05, 4.69) is 20.8 Å². The van der Waals surface area contributed by atoms with Gasteiger partial charge < -0.3 is 10.2 Å². The lowest BCUT2D eigenvalue weighted by Gasteiger charge is -2.26. The van der Waals surface area contributed by atoms with Gasteiger partial charge in [-0.25, -0.2) is 4.39 Å². The fourth-order valence-electron chi connectivity index (χ4n) is 3.54. The van der Waals surface area contributed by atoms with Crippen LogP contribution in [0.25, 0.3) is 11.1 Å². The Hall–Kier alpha value is -1.94. The van der Waals surface area contributed by atoms with Crippen molar-refractivity contribution >= 4 is 0 Å². The van der Waals surface area contributed by atoms with Crippen molar-refractivity contribution in [3.8, 4) is 16.9 Å². The first-order valence-corrected chi connectivity index (χ1v) is 9.42. The molecule has 0 saturated carbocycles. The topological polar surface area (TPSA) is 53.4 Å². The highest BCUT2D eigenvalue weighted by Crippen LogP contribution is 2.43. The minimum absolute atomic E-state index is 0.111. The van der Waals surface area contributed by atoms with E-state index >= 15 is 0 Å². The van der Waals surface area contributed by atoms with Crippen molar-refractivity contribution in [3.63, 3.8) is 0 Å². The molecule has 1 unspecified atom stereocenters. The van der Waals surface area contributed by atoms with E-state index in [1.165, 1.54) is 6.07 Å². The second-order valence-corrected chi connectivity index (χ2v) is 7.55. The molecule has 0 radical (unpaired) electrons. The molecule has 0 aliphatic carbocycles. The number of phenols is 1. The molecule has 0 aliphatic heterocycles. The van der Waals surface area contributed by atoms with Gasteiger partial charge in [0, 0.05) is 28.6 Å². The van der Waals surface area contributed by atoms with Crippen LogP contribution in [0.2, 0.25) is 0 Å². The second-order valence-electron chi connectivity index (χ2n) is 7.55. The van der Waals surface area contributed by atoms with Gasteiger partial charge in [-0.3, -0.25) is 4.98 Å². The average molecular weight is 359 g/mol. The number of aliphatic hydroxyl groups is 1. The van der Waals surface area contributed by atoms with Crippen LogP contribution >= 0.6 is 0 Å². The van der Waals surface area contributed by atoms with Crippen LogP contribution < -0.4 is 0 Å². The van der Waals surface area contributed by atoms with Gasteiger partial charge in [-0.2, -0.15) is 0 Å². The maximum absolute atomic E-state index is 13.6. The zero-order valence-electron chi connectivity index (χ0n) is 16.6. The summed E-state index contributed by atoms with van der Waals surface area (Å²) in [6.45, 7) is 12.1. The lowest BCUT2D eigenvalue weighted by molar-refractivity contribution is 0.197. The number of aromatic hydroxyl groups is 1. The minimum atomic E-state index is -0.740. The smallest absolute Gasteiger partial charge is 0.126 e. The third kappa shape index (κ3) is 3.90. The van der Waals surface area contributed by atoms with Crippen molar-refractivity contribution in [1.29, 1.82) is 0 Å². The molecular formula is C22H30FNO2. The maximum Gasteiger partial charge on any atom is 0.126 e. The highest BCUT2D eigenvalue weighted by molar-refractivity contribution is 5.78. The largest absolute Gasteiger partial charge is 0.507 e. The van der Waals surface area contributed by atoms with Crippen LogP contribution in [-0.4, -0.2) is 15.2 Å². The summed E-state index contributed by atoms with van der Waals surface area (Å²) in [7, 11) is 0. The number of aromatic nitrogens is 1. The molecule has 2 aromatic rings. The molecule has 1 heterocycles. The van der Waals surface area contributed by atoms with Crippen molar-refractivity contribution in [2.24, 2.45) is 0 Å². The van der Waals surface area contributed by atoms with Gasteiger partial charge in [0.25, 0.3) is 0 Å². The molecule has 142 valence electrons. The SMILES string of the molecule is CCCc1c(C(C)C)nc(C(C)C)c(C(C)O)c1-c1ccc(F)cc1O. The average Bonchev–Trinajstić information content (AvgIpc) is 2.54. The van der Waals surface area contributed by atoms with Crippen LogP contribution in [0, 0.1) is 5.82 Å². The lowest BCUT2D eigenvalue weighted by atomic mass is 9.83. The number of rotatable bonds is 6. The summed E-state index contributed by atoms with van der Waals surface area (Å²) >= 11 is 0. The monoisotopic (exact) mass is 359 g/mol. The van der Waals surface area contributed by atoms with Crippen LogP contribution in [0.1, 0.15) is 88.4 Å². The number of aliphatic hydroxyl groups excluding tert-OH is 1. The van der Waals surface area contributed by atoms with Crippen LogP contribution in [0.3, 0.4) is 0 Å². The first kappa shape index (κ1) is 20.4. The number of nitrogens with zero attached hydrogens (tertiary/aromatic N) is 1. The van der Waals surface area contributed by atoms with E-state index in [-0.39, 0.29) is 17.6 Å². The molecule has 0 fully saturated rings. The second kappa shape index (κ2) is 8.17. The van der Waals surface area contributed by atoms with Gasteiger partial charge in [0.2, 0.25) is 0 Å². The van der Waals surface area contributed by atoms with Gasteiger partial charge in [-0.05, 0) is 48.4 Å². The van der Waals surface area contributed by atoms with E-state index in [9.17, 15) is 14.6 Å². The molecule has 0 amide bonds. The zero-order valence-corrected chi connectivity index (χ0v) is 16.6. The van der Waals surface area contributed by atoms with E-state index in [1.807, 2.05) is 13.8 Å². The summed E-state index contributed by atoms with van der Waals surface area (Å²) in [5.41, 5.74) is 4.94. The Bertz CT molecular complexity index is 782. The van der Waals surface area contributed by atoms with Gasteiger partial charge in [-0.15, -0.1) is 0 Å². The molecule has 0 bridgehead atoms. The summed E-state index contributed by atoms with van der Waals surface area (Å²) < 4.78 is 13.6. The first-order valence-electron chi connectivity index (χ1n) is 9.42. The van der Waals surface area contributed by atoms with Gasteiger partial charge >= 0.3 is 0 Å². The number of halogens is 1. The van der Waals surface area contributed by atoms with Crippen molar-refractivity contribution in [3.05, 3.63) is 46.5 Å². The number of hydrogen-bond donors (Lipinski definition) is 2.